The molecular formula is C35H39N7. The van der Waals surface area contributed by atoms with E-state index in [-0.39, 0.29) is 13.5 Å². The van der Waals surface area contributed by atoms with E-state index in [1.165, 1.54) is 28.8 Å². The summed E-state index contributed by atoms with van der Waals surface area (Å²) in [7, 11) is 2.08. The molecule has 7 nitrogen and oxygen atoms in total. The van der Waals surface area contributed by atoms with Crippen LogP contribution in [0.5, 0.6) is 0 Å². The van der Waals surface area contributed by atoms with Gasteiger partial charge in [0.2, 0.25) is 0 Å². The van der Waals surface area contributed by atoms with Gasteiger partial charge in [-0.1, -0.05) is 62.0 Å². The van der Waals surface area contributed by atoms with E-state index in [0.717, 1.165) is 72.7 Å². The molecular weight excluding hydrogens is 518 g/mol. The van der Waals surface area contributed by atoms with E-state index in [4.69, 9.17) is 15.0 Å². The summed E-state index contributed by atoms with van der Waals surface area (Å²) in [6.07, 6.45) is 5.32. The molecule has 3 heterocycles. The molecule has 1 atom stereocenters. The van der Waals surface area contributed by atoms with Crippen molar-refractivity contribution in [3.63, 3.8) is 0 Å². The maximum absolute atomic E-state index is 4.91. The van der Waals surface area contributed by atoms with Gasteiger partial charge in [-0.05, 0) is 66.3 Å². The van der Waals surface area contributed by atoms with Crippen LogP contribution in [0.25, 0.3) is 22.1 Å². The maximum atomic E-state index is 4.91. The zero-order chi connectivity index (χ0) is 27.6. The molecule has 1 aliphatic rings. The summed E-state index contributed by atoms with van der Waals surface area (Å²) >= 11 is 0. The number of aromatic amines is 1. The van der Waals surface area contributed by atoms with E-state index in [0.29, 0.717) is 0 Å². The molecule has 3 aromatic carbocycles. The number of imidazole rings is 2. The molecule has 0 fully saturated rings. The van der Waals surface area contributed by atoms with Crippen LogP contribution < -0.4 is 5.32 Å². The van der Waals surface area contributed by atoms with Gasteiger partial charge in [0.15, 0.2) is 0 Å². The van der Waals surface area contributed by atoms with Crippen LogP contribution in [0.3, 0.4) is 0 Å². The van der Waals surface area contributed by atoms with Gasteiger partial charge >= 0.3 is 0 Å². The minimum Gasteiger partial charge on any atom is -0.341 e. The van der Waals surface area contributed by atoms with Crippen LogP contribution in [0.1, 0.15) is 60.3 Å². The summed E-state index contributed by atoms with van der Waals surface area (Å²) in [5, 5.41) is 3.57. The average molecular weight is 558 g/mol. The normalized spacial score (nSPS) is 14.8. The summed E-state index contributed by atoms with van der Waals surface area (Å²) in [4.78, 5) is 20.6. The highest BCUT2D eigenvalue weighted by Gasteiger charge is 2.28. The van der Waals surface area contributed by atoms with Crippen molar-refractivity contribution in [3.05, 3.63) is 125 Å². The van der Waals surface area contributed by atoms with Gasteiger partial charge in [-0.2, -0.15) is 0 Å². The Hall–Kier alpha value is -4.33. The second-order valence-electron chi connectivity index (χ2n) is 11.1. The number of benzene rings is 3. The number of hydrogen-bond acceptors (Lipinski definition) is 5. The van der Waals surface area contributed by atoms with Crippen LogP contribution in [0.15, 0.2) is 91.1 Å². The van der Waals surface area contributed by atoms with Gasteiger partial charge in [0.25, 0.3) is 0 Å². The van der Waals surface area contributed by atoms with E-state index in [9.17, 15) is 0 Å². The molecule has 0 amide bonds. The van der Waals surface area contributed by atoms with Crippen molar-refractivity contribution in [1.82, 2.24) is 34.7 Å². The number of para-hydroxylation sites is 4. The fourth-order valence-corrected chi connectivity index (χ4v) is 6.16. The molecule has 0 bridgehead atoms. The van der Waals surface area contributed by atoms with Crippen LogP contribution >= 0.6 is 0 Å². The van der Waals surface area contributed by atoms with E-state index >= 15 is 0 Å². The number of aromatic nitrogens is 5. The number of aryl methyl sites for hydroxylation is 2. The quantitative estimate of drug-likeness (QED) is 0.203. The third kappa shape index (κ3) is 5.71. The van der Waals surface area contributed by atoms with Crippen molar-refractivity contribution in [3.8, 4) is 0 Å². The monoisotopic (exact) mass is 557 g/mol. The molecule has 2 N–H and O–H groups in total. The van der Waals surface area contributed by atoms with Gasteiger partial charge < -0.3 is 14.9 Å². The number of rotatable bonds is 9. The van der Waals surface area contributed by atoms with Crippen molar-refractivity contribution >= 4 is 22.1 Å². The van der Waals surface area contributed by atoms with Crippen LogP contribution in [-0.4, -0.2) is 29.4 Å². The summed E-state index contributed by atoms with van der Waals surface area (Å²) in [5.74, 6) is 2.04. The zero-order valence-electron chi connectivity index (χ0n) is 23.4. The Morgan fingerprint density at radius 2 is 1.64 bits per heavy atom. The highest BCUT2D eigenvalue weighted by Crippen LogP contribution is 2.34. The van der Waals surface area contributed by atoms with E-state index in [1.807, 2.05) is 18.3 Å². The van der Waals surface area contributed by atoms with Crippen molar-refractivity contribution < 1.29 is 0 Å². The fraction of sp³-hybridized carbons (Fsp3) is 0.286. The first-order valence-electron chi connectivity index (χ1n) is 14.5. The standard InChI is InChI=1S/C34H35N7.CH4/c1-40-30-13-5-4-12-29(30)39-33(40)21-35-20-24-15-17-25(18-16-24)22-41(23-32-37-27-10-2-3-11-28(27)38-32)31-14-6-8-26-9-7-19-36-34(26)31;/h2-5,7,9-13,15-19,31,35H,6,8,14,20-23H2,1H3,(H,37,38);1H4. The second kappa shape index (κ2) is 12.3. The third-order valence-corrected chi connectivity index (χ3v) is 8.30. The second-order valence-corrected chi connectivity index (χ2v) is 11.1. The van der Waals surface area contributed by atoms with E-state index in [2.05, 4.69) is 99.6 Å². The lowest BCUT2D eigenvalue weighted by molar-refractivity contribution is 0.153. The molecule has 0 saturated carbocycles. The molecule has 1 aliphatic carbocycles. The number of pyridine rings is 1. The number of hydrogen-bond donors (Lipinski definition) is 2. The molecule has 42 heavy (non-hydrogen) atoms. The molecule has 0 aliphatic heterocycles. The van der Waals surface area contributed by atoms with Crippen LogP contribution in [0.2, 0.25) is 0 Å². The molecule has 3 aromatic heterocycles. The first kappa shape index (κ1) is 27.8. The largest absolute Gasteiger partial charge is 0.341 e. The van der Waals surface area contributed by atoms with E-state index in [1.54, 1.807) is 0 Å². The van der Waals surface area contributed by atoms with Crippen molar-refractivity contribution in [2.45, 2.75) is 58.9 Å². The molecule has 0 radical (unpaired) electrons. The summed E-state index contributed by atoms with van der Waals surface area (Å²) < 4.78 is 2.17. The van der Waals surface area contributed by atoms with Crippen molar-refractivity contribution in [1.29, 1.82) is 0 Å². The lowest BCUT2D eigenvalue weighted by Gasteiger charge is -2.34. The summed E-state index contributed by atoms with van der Waals surface area (Å²) in [6, 6.07) is 30.1. The number of H-pyrrole nitrogens is 1. The lowest BCUT2D eigenvalue weighted by Crippen LogP contribution is -2.31. The third-order valence-electron chi connectivity index (χ3n) is 8.30. The van der Waals surface area contributed by atoms with Gasteiger partial charge in [-0.15, -0.1) is 0 Å². The number of nitrogens with one attached hydrogen (secondary N) is 2. The first-order valence-corrected chi connectivity index (χ1v) is 14.5. The number of fused-ring (bicyclic) bond motifs is 3. The van der Waals surface area contributed by atoms with E-state index < -0.39 is 0 Å². The van der Waals surface area contributed by atoms with Gasteiger partial charge in [0.05, 0.1) is 46.9 Å². The molecule has 214 valence electrons. The van der Waals surface area contributed by atoms with Crippen molar-refractivity contribution in [2.75, 3.05) is 0 Å². The Labute approximate surface area is 247 Å². The lowest BCUT2D eigenvalue weighted by atomic mass is 9.90. The van der Waals surface area contributed by atoms with Crippen LogP contribution in [0, 0.1) is 0 Å². The Morgan fingerprint density at radius 3 is 2.48 bits per heavy atom. The molecule has 1 unspecified atom stereocenters. The Bertz CT molecular complexity index is 1750. The zero-order valence-corrected chi connectivity index (χ0v) is 23.4. The summed E-state index contributed by atoms with van der Waals surface area (Å²) in [6.45, 7) is 3.11. The molecule has 7 heteroatoms. The highest BCUT2D eigenvalue weighted by atomic mass is 15.2. The van der Waals surface area contributed by atoms with Crippen LogP contribution in [-0.2, 0) is 39.6 Å². The smallest absolute Gasteiger partial charge is 0.123 e. The average Bonchev–Trinajstić information content (AvgIpc) is 3.57. The molecule has 6 aromatic rings. The van der Waals surface area contributed by atoms with Gasteiger partial charge in [0, 0.05) is 26.3 Å². The molecule has 0 saturated heterocycles. The predicted octanol–water partition coefficient (Wildman–Crippen LogP) is 6.85. The molecule has 7 rings (SSSR count). The fourth-order valence-electron chi connectivity index (χ4n) is 6.16. The van der Waals surface area contributed by atoms with Crippen molar-refractivity contribution in [2.24, 2.45) is 7.05 Å². The highest BCUT2D eigenvalue weighted by molar-refractivity contribution is 5.76. The topological polar surface area (TPSA) is 74.7 Å². The Balaban J connectivity index is 0.00000316. The van der Waals surface area contributed by atoms with Crippen LogP contribution in [0.4, 0.5) is 0 Å². The molecule has 0 spiro atoms. The number of nitrogens with zero attached hydrogens (tertiary/aromatic N) is 5. The van der Waals surface area contributed by atoms with Gasteiger partial charge in [-0.3, -0.25) is 9.88 Å². The predicted molar refractivity (Wildman–Crippen MR) is 170 cm³/mol. The minimum atomic E-state index is 0. The SMILES string of the molecule is C.Cn1c(CNCc2ccc(CN(Cc3nc4ccccc4[nH]3)C3CCCc4cccnc43)cc2)nc2ccccc21. The first-order chi connectivity index (χ1) is 20.2. The van der Waals surface area contributed by atoms with Gasteiger partial charge in [-0.25, -0.2) is 9.97 Å². The minimum absolute atomic E-state index is 0. The maximum Gasteiger partial charge on any atom is 0.123 e. The Morgan fingerprint density at radius 1 is 0.857 bits per heavy atom. The van der Waals surface area contributed by atoms with Gasteiger partial charge in [0.1, 0.15) is 11.6 Å². The Kier molecular flexibility index (Phi) is 8.13. The summed E-state index contributed by atoms with van der Waals surface area (Å²) in [5.41, 5.74) is 9.46.